The highest BCUT2D eigenvalue weighted by Crippen LogP contribution is 2.26. The van der Waals surface area contributed by atoms with E-state index in [0.717, 1.165) is 0 Å². The number of hydrogen-bond acceptors (Lipinski definition) is 4. The zero-order chi connectivity index (χ0) is 13.2. The molecule has 1 aromatic rings. The Morgan fingerprint density at radius 1 is 1.39 bits per heavy atom. The van der Waals surface area contributed by atoms with Gasteiger partial charge in [0.2, 0.25) is 10.0 Å². The summed E-state index contributed by atoms with van der Waals surface area (Å²) in [5.41, 5.74) is 0.817. The van der Waals surface area contributed by atoms with Crippen LogP contribution in [0.25, 0.3) is 0 Å². The summed E-state index contributed by atoms with van der Waals surface area (Å²) in [5.74, 6) is 0.388. The lowest BCUT2D eigenvalue weighted by atomic mass is 10.1. The van der Waals surface area contributed by atoms with Gasteiger partial charge in [-0.15, -0.1) is 11.6 Å². The van der Waals surface area contributed by atoms with Gasteiger partial charge in [-0.05, 0) is 12.5 Å². The predicted molar refractivity (Wildman–Crippen MR) is 68.9 cm³/mol. The van der Waals surface area contributed by atoms with Crippen LogP contribution in [0.15, 0.2) is 34.3 Å². The third-order valence-corrected chi connectivity index (χ3v) is 4.97. The third-order valence-electron chi connectivity index (χ3n) is 2.80. The SMILES string of the molecule is O=S1(=O)c2ccccc2/C(=N/O)CN1CCCCl. The topological polar surface area (TPSA) is 70.0 Å². The van der Waals surface area contributed by atoms with E-state index in [1.165, 1.54) is 10.4 Å². The number of rotatable bonds is 3. The largest absolute Gasteiger partial charge is 0.411 e. The molecular weight excluding hydrogens is 276 g/mol. The first-order valence-electron chi connectivity index (χ1n) is 5.47. The summed E-state index contributed by atoms with van der Waals surface area (Å²) in [5, 5.41) is 12.2. The number of sulfonamides is 1. The van der Waals surface area contributed by atoms with E-state index in [2.05, 4.69) is 5.16 Å². The fourth-order valence-corrected chi connectivity index (χ4v) is 3.70. The molecule has 0 aromatic heterocycles. The minimum atomic E-state index is -3.52. The van der Waals surface area contributed by atoms with Gasteiger partial charge < -0.3 is 5.21 Å². The fourth-order valence-electron chi connectivity index (χ4n) is 1.93. The molecule has 1 aromatic carbocycles. The molecule has 0 unspecified atom stereocenters. The lowest BCUT2D eigenvalue weighted by Crippen LogP contribution is -2.41. The van der Waals surface area contributed by atoms with Crippen LogP contribution in [0.4, 0.5) is 0 Å². The average molecular weight is 289 g/mol. The van der Waals surface area contributed by atoms with Crippen molar-refractivity contribution in [3.8, 4) is 0 Å². The van der Waals surface area contributed by atoms with Gasteiger partial charge >= 0.3 is 0 Å². The van der Waals surface area contributed by atoms with Crippen molar-refractivity contribution in [2.45, 2.75) is 11.3 Å². The highest BCUT2D eigenvalue weighted by atomic mass is 35.5. The summed E-state index contributed by atoms with van der Waals surface area (Å²) in [6.07, 6.45) is 0.557. The maximum absolute atomic E-state index is 12.3. The monoisotopic (exact) mass is 288 g/mol. The van der Waals surface area contributed by atoms with Crippen molar-refractivity contribution in [3.05, 3.63) is 29.8 Å². The van der Waals surface area contributed by atoms with Crippen LogP contribution in [-0.4, -0.2) is 42.6 Å². The number of halogens is 1. The standard InChI is InChI=1S/C11H13ClN2O3S/c12-6-3-7-14-8-10(13-15)9-4-1-2-5-11(9)18(14,16)17/h1-2,4-5,15H,3,6-8H2/b13-10+. The smallest absolute Gasteiger partial charge is 0.244 e. The van der Waals surface area contributed by atoms with Crippen LogP contribution in [0.5, 0.6) is 0 Å². The lowest BCUT2D eigenvalue weighted by Gasteiger charge is -2.28. The lowest BCUT2D eigenvalue weighted by molar-refractivity contribution is 0.315. The molecule has 1 heterocycles. The second-order valence-corrected chi connectivity index (χ2v) is 6.21. The molecule has 0 spiro atoms. The minimum Gasteiger partial charge on any atom is -0.411 e. The van der Waals surface area contributed by atoms with Gasteiger partial charge in [0.1, 0.15) is 5.71 Å². The van der Waals surface area contributed by atoms with E-state index in [9.17, 15) is 8.42 Å². The fraction of sp³-hybridized carbons (Fsp3) is 0.364. The zero-order valence-corrected chi connectivity index (χ0v) is 11.2. The molecule has 18 heavy (non-hydrogen) atoms. The average Bonchev–Trinajstić information content (AvgIpc) is 2.38. The Kier molecular flexibility index (Phi) is 3.89. The molecule has 5 nitrogen and oxygen atoms in total. The second-order valence-electron chi connectivity index (χ2n) is 3.92. The third kappa shape index (κ3) is 2.23. The highest BCUT2D eigenvalue weighted by molar-refractivity contribution is 7.89. The first kappa shape index (κ1) is 13.3. The van der Waals surface area contributed by atoms with Crippen LogP contribution < -0.4 is 0 Å². The molecule has 0 saturated heterocycles. The van der Waals surface area contributed by atoms with E-state index in [1.807, 2.05) is 0 Å². The number of nitrogens with zero attached hydrogens (tertiary/aromatic N) is 2. The van der Waals surface area contributed by atoms with Crippen LogP contribution in [0.1, 0.15) is 12.0 Å². The summed E-state index contributed by atoms with van der Waals surface area (Å²) in [7, 11) is -3.52. The van der Waals surface area contributed by atoms with E-state index in [4.69, 9.17) is 16.8 Å². The molecule has 0 radical (unpaired) electrons. The van der Waals surface area contributed by atoms with Crippen LogP contribution in [-0.2, 0) is 10.0 Å². The van der Waals surface area contributed by atoms with Gasteiger partial charge in [0.25, 0.3) is 0 Å². The quantitative estimate of drug-likeness (QED) is 0.520. The van der Waals surface area contributed by atoms with Gasteiger partial charge in [-0.25, -0.2) is 8.42 Å². The number of hydrogen-bond donors (Lipinski definition) is 1. The molecule has 0 bridgehead atoms. The maximum Gasteiger partial charge on any atom is 0.244 e. The Morgan fingerprint density at radius 3 is 2.78 bits per heavy atom. The van der Waals surface area contributed by atoms with E-state index in [0.29, 0.717) is 30.1 Å². The van der Waals surface area contributed by atoms with E-state index >= 15 is 0 Å². The van der Waals surface area contributed by atoms with E-state index < -0.39 is 10.0 Å². The minimum absolute atomic E-state index is 0.0761. The van der Waals surface area contributed by atoms with E-state index in [-0.39, 0.29) is 11.4 Å². The number of benzene rings is 1. The van der Waals surface area contributed by atoms with Gasteiger partial charge in [0.15, 0.2) is 0 Å². The van der Waals surface area contributed by atoms with Crippen molar-refractivity contribution in [1.82, 2.24) is 4.31 Å². The molecule has 0 fully saturated rings. The molecule has 98 valence electrons. The summed E-state index contributed by atoms with van der Waals surface area (Å²) in [6, 6.07) is 6.52. The molecule has 0 amide bonds. The van der Waals surface area contributed by atoms with Gasteiger partial charge in [0, 0.05) is 18.0 Å². The Balaban J connectivity index is 2.49. The summed E-state index contributed by atoms with van der Waals surface area (Å²) < 4.78 is 25.9. The van der Waals surface area contributed by atoms with Crippen molar-refractivity contribution in [2.75, 3.05) is 19.0 Å². The van der Waals surface area contributed by atoms with Crippen LogP contribution in [0.3, 0.4) is 0 Å². The normalized spacial score (nSPS) is 20.8. The highest BCUT2D eigenvalue weighted by Gasteiger charge is 2.34. The number of alkyl halides is 1. The molecule has 0 atom stereocenters. The van der Waals surface area contributed by atoms with E-state index in [1.54, 1.807) is 18.2 Å². The molecule has 0 saturated carbocycles. The van der Waals surface area contributed by atoms with Crippen molar-refractivity contribution in [1.29, 1.82) is 0 Å². The zero-order valence-electron chi connectivity index (χ0n) is 9.58. The molecule has 2 rings (SSSR count). The van der Waals surface area contributed by atoms with Crippen molar-refractivity contribution < 1.29 is 13.6 Å². The first-order chi connectivity index (χ1) is 8.61. The van der Waals surface area contributed by atoms with Gasteiger partial charge in [-0.2, -0.15) is 4.31 Å². The molecule has 1 aliphatic heterocycles. The molecule has 1 aliphatic rings. The Hall–Kier alpha value is -1.11. The first-order valence-corrected chi connectivity index (χ1v) is 7.45. The molecule has 1 N–H and O–H groups in total. The summed E-state index contributed by atoms with van der Waals surface area (Å²) >= 11 is 5.58. The summed E-state index contributed by atoms with van der Waals surface area (Å²) in [6.45, 7) is 0.395. The molecule has 7 heteroatoms. The van der Waals surface area contributed by atoms with Crippen LogP contribution >= 0.6 is 11.6 Å². The van der Waals surface area contributed by atoms with Crippen molar-refractivity contribution in [2.24, 2.45) is 5.16 Å². The number of fused-ring (bicyclic) bond motifs is 1. The van der Waals surface area contributed by atoms with Crippen molar-refractivity contribution in [3.63, 3.8) is 0 Å². The summed E-state index contributed by atoms with van der Waals surface area (Å²) in [4.78, 5) is 0.179. The van der Waals surface area contributed by atoms with Crippen LogP contribution in [0.2, 0.25) is 0 Å². The van der Waals surface area contributed by atoms with Gasteiger partial charge in [0.05, 0.1) is 11.4 Å². The molecule has 0 aliphatic carbocycles. The maximum atomic E-state index is 12.3. The van der Waals surface area contributed by atoms with Crippen LogP contribution in [0, 0.1) is 0 Å². The number of oxime groups is 1. The Bertz CT molecular complexity index is 571. The second kappa shape index (κ2) is 5.26. The predicted octanol–water partition coefficient (Wildman–Crippen LogP) is 1.50. The molecular formula is C11H13ClN2O3S. The Labute approximate surface area is 111 Å². The van der Waals surface area contributed by atoms with Gasteiger partial charge in [-0.1, -0.05) is 23.4 Å². The van der Waals surface area contributed by atoms with Gasteiger partial charge in [-0.3, -0.25) is 0 Å². The van der Waals surface area contributed by atoms with Crippen molar-refractivity contribution >= 4 is 27.3 Å². The Morgan fingerprint density at radius 2 is 2.11 bits per heavy atom.